The number of rotatable bonds is 5. The van der Waals surface area contributed by atoms with Crippen LogP contribution in [0.5, 0.6) is 0 Å². The molecule has 2 rings (SSSR count). The molecule has 2 aromatic heterocycles. The Bertz CT molecular complexity index is 600. The van der Waals surface area contributed by atoms with Gasteiger partial charge in [-0.05, 0) is 26.3 Å². The predicted octanol–water partition coefficient (Wildman–Crippen LogP) is 1.45. The molecule has 0 radical (unpaired) electrons. The van der Waals surface area contributed by atoms with Gasteiger partial charge in [-0.15, -0.1) is 5.10 Å². The Morgan fingerprint density at radius 1 is 1.45 bits per heavy atom. The fourth-order valence-corrected chi connectivity index (χ4v) is 1.97. The van der Waals surface area contributed by atoms with E-state index in [2.05, 4.69) is 29.3 Å². The Kier molecular flexibility index (Phi) is 4.16. The third-order valence-electron chi connectivity index (χ3n) is 3.06. The van der Waals surface area contributed by atoms with Gasteiger partial charge in [0, 0.05) is 12.2 Å². The highest BCUT2D eigenvalue weighted by Crippen LogP contribution is 2.11. The van der Waals surface area contributed by atoms with Crippen LogP contribution >= 0.6 is 0 Å². The monoisotopic (exact) mass is 277 g/mol. The van der Waals surface area contributed by atoms with Gasteiger partial charge in [-0.25, -0.2) is 9.48 Å². The maximum atomic E-state index is 11.6. The van der Waals surface area contributed by atoms with Gasteiger partial charge in [0.05, 0.1) is 25.0 Å². The molecule has 2 aromatic rings. The second kappa shape index (κ2) is 5.85. The molecule has 0 amide bonds. The van der Waals surface area contributed by atoms with Crippen molar-refractivity contribution in [1.29, 1.82) is 0 Å². The molecular weight excluding hydrogens is 258 g/mol. The van der Waals surface area contributed by atoms with Crippen molar-refractivity contribution in [3.63, 3.8) is 0 Å². The van der Waals surface area contributed by atoms with Crippen LogP contribution in [0.25, 0.3) is 0 Å². The number of carbonyl (C=O) groups excluding carboxylic acids is 1. The zero-order chi connectivity index (χ0) is 14.7. The van der Waals surface area contributed by atoms with Crippen LogP contribution in [-0.2, 0) is 17.7 Å². The van der Waals surface area contributed by atoms with E-state index >= 15 is 0 Å². The predicted molar refractivity (Wildman–Crippen MR) is 72.5 cm³/mol. The van der Waals surface area contributed by atoms with Crippen LogP contribution in [-0.4, -0.2) is 37.9 Å². The fourth-order valence-electron chi connectivity index (χ4n) is 1.97. The summed E-state index contributed by atoms with van der Waals surface area (Å²) in [5.74, 6) is -0.458. The molecule has 108 valence electrons. The number of ether oxygens (including phenoxy) is 1. The molecule has 0 unspecified atom stereocenters. The van der Waals surface area contributed by atoms with Crippen molar-refractivity contribution in [2.75, 3.05) is 7.11 Å². The Labute approximate surface area is 117 Å². The van der Waals surface area contributed by atoms with Crippen molar-refractivity contribution >= 4 is 5.97 Å². The third kappa shape index (κ3) is 2.71. The van der Waals surface area contributed by atoms with Crippen LogP contribution in [0.4, 0.5) is 0 Å². The lowest BCUT2D eigenvalue weighted by molar-refractivity contribution is 0.0592. The number of methoxy groups -OCH3 is 1. The molecule has 0 aliphatic rings. The number of nitrogens with zero attached hydrogens (tertiary/aromatic N) is 5. The normalized spacial score (nSPS) is 11.1. The Morgan fingerprint density at radius 2 is 2.20 bits per heavy atom. The zero-order valence-electron chi connectivity index (χ0n) is 12.2. The largest absolute Gasteiger partial charge is 0.464 e. The van der Waals surface area contributed by atoms with Crippen molar-refractivity contribution < 1.29 is 9.53 Å². The summed E-state index contributed by atoms with van der Waals surface area (Å²) >= 11 is 0. The highest BCUT2D eigenvalue weighted by molar-refractivity contribution is 5.88. The van der Waals surface area contributed by atoms with Gasteiger partial charge in [0.2, 0.25) is 0 Å². The minimum atomic E-state index is -0.458. The maximum Gasteiger partial charge on any atom is 0.360 e. The smallest absolute Gasteiger partial charge is 0.360 e. The van der Waals surface area contributed by atoms with E-state index < -0.39 is 5.97 Å². The quantitative estimate of drug-likeness (QED) is 0.773. The summed E-state index contributed by atoms with van der Waals surface area (Å²) in [6, 6.07) is 2.26. The molecule has 0 aliphatic heterocycles. The molecule has 0 saturated heterocycles. The number of hydrogen-bond donors (Lipinski definition) is 0. The van der Waals surface area contributed by atoms with E-state index in [4.69, 9.17) is 4.74 Å². The van der Waals surface area contributed by atoms with E-state index in [1.165, 1.54) is 7.11 Å². The Hall–Kier alpha value is -2.18. The summed E-state index contributed by atoms with van der Waals surface area (Å²) in [4.78, 5) is 11.6. The van der Waals surface area contributed by atoms with E-state index in [1.54, 1.807) is 4.68 Å². The first kappa shape index (κ1) is 14.2. The van der Waals surface area contributed by atoms with Crippen LogP contribution in [0.3, 0.4) is 0 Å². The summed E-state index contributed by atoms with van der Waals surface area (Å²) in [6.45, 7) is 6.58. The second-order valence-electron chi connectivity index (χ2n) is 4.77. The van der Waals surface area contributed by atoms with Crippen LogP contribution in [0.2, 0.25) is 0 Å². The van der Waals surface area contributed by atoms with Gasteiger partial charge in [-0.3, -0.25) is 4.68 Å². The van der Waals surface area contributed by atoms with Gasteiger partial charge < -0.3 is 4.74 Å². The summed E-state index contributed by atoms with van der Waals surface area (Å²) in [5, 5.41) is 12.4. The number of esters is 1. The van der Waals surface area contributed by atoms with Crippen molar-refractivity contribution in [3.05, 3.63) is 29.3 Å². The molecule has 20 heavy (non-hydrogen) atoms. The molecule has 7 nitrogen and oxygen atoms in total. The number of hydrogen-bond acceptors (Lipinski definition) is 5. The first-order valence-corrected chi connectivity index (χ1v) is 6.61. The third-order valence-corrected chi connectivity index (χ3v) is 3.06. The first-order chi connectivity index (χ1) is 9.56. The van der Waals surface area contributed by atoms with E-state index in [-0.39, 0.29) is 5.69 Å². The molecule has 0 spiro atoms. The highest BCUT2D eigenvalue weighted by atomic mass is 16.5. The lowest BCUT2D eigenvalue weighted by Crippen LogP contribution is -2.10. The molecule has 0 N–H and O–H groups in total. The van der Waals surface area contributed by atoms with Crippen molar-refractivity contribution in [2.45, 2.75) is 39.8 Å². The molecule has 0 bridgehead atoms. The molecule has 0 aromatic carbocycles. The molecule has 7 heteroatoms. The van der Waals surface area contributed by atoms with Gasteiger partial charge in [-0.1, -0.05) is 12.1 Å². The summed E-state index contributed by atoms with van der Waals surface area (Å²) in [6.07, 6.45) is 2.59. The average molecular weight is 277 g/mol. The lowest BCUT2D eigenvalue weighted by Gasteiger charge is -2.05. The summed E-state index contributed by atoms with van der Waals surface area (Å²) < 4.78 is 8.29. The maximum absolute atomic E-state index is 11.6. The zero-order valence-corrected chi connectivity index (χ0v) is 12.2. The van der Waals surface area contributed by atoms with E-state index in [1.807, 2.05) is 23.9 Å². The number of carbonyl (C=O) groups is 1. The highest BCUT2D eigenvalue weighted by Gasteiger charge is 2.19. The topological polar surface area (TPSA) is 74.8 Å². The molecule has 0 aliphatic carbocycles. The van der Waals surface area contributed by atoms with E-state index in [9.17, 15) is 4.79 Å². The van der Waals surface area contributed by atoms with Gasteiger partial charge in [0.25, 0.3) is 0 Å². The average Bonchev–Trinajstić information content (AvgIpc) is 3.05. The minimum absolute atomic E-state index is 0.276. The minimum Gasteiger partial charge on any atom is -0.464 e. The fraction of sp³-hybridized carbons (Fsp3) is 0.538. The summed E-state index contributed by atoms with van der Waals surface area (Å²) in [7, 11) is 1.34. The number of aromatic nitrogens is 5. The standard InChI is InChI=1S/C13H19N5O2/c1-5-11-12(13(19)20-4)14-16-18(11)8-10-6-7-17(15-10)9(2)3/h6-7,9H,5,8H2,1-4H3. The molecular formula is C13H19N5O2. The molecule has 2 heterocycles. The first-order valence-electron chi connectivity index (χ1n) is 6.61. The molecule has 0 atom stereocenters. The van der Waals surface area contributed by atoms with Crippen molar-refractivity contribution in [2.24, 2.45) is 0 Å². The second-order valence-corrected chi connectivity index (χ2v) is 4.77. The van der Waals surface area contributed by atoms with Crippen LogP contribution in [0.15, 0.2) is 12.3 Å². The van der Waals surface area contributed by atoms with Crippen LogP contribution < -0.4 is 0 Å². The summed E-state index contributed by atoms with van der Waals surface area (Å²) in [5.41, 5.74) is 1.92. The van der Waals surface area contributed by atoms with Gasteiger partial charge in [-0.2, -0.15) is 5.10 Å². The molecule has 0 saturated carbocycles. The Balaban J connectivity index is 2.24. The Morgan fingerprint density at radius 3 is 2.75 bits per heavy atom. The van der Waals surface area contributed by atoms with Gasteiger partial charge >= 0.3 is 5.97 Å². The van der Waals surface area contributed by atoms with Crippen LogP contribution in [0, 0.1) is 0 Å². The van der Waals surface area contributed by atoms with E-state index in [0.717, 1.165) is 11.4 Å². The van der Waals surface area contributed by atoms with Gasteiger partial charge in [0.15, 0.2) is 5.69 Å². The SMILES string of the molecule is CCc1c(C(=O)OC)nnn1Cc1ccn(C(C)C)n1. The van der Waals surface area contributed by atoms with Crippen LogP contribution in [0.1, 0.15) is 48.7 Å². The van der Waals surface area contributed by atoms with E-state index in [0.29, 0.717) is 19.0 Å². The lowest BCUT2D eigenvalue weighted by atomic mass is 10.2. The van der Waals surface area contributed by atoms with Gasteiger partial charge in [0.1, 0.15) is 0 Å². The van der Waals surface area contributed by atoms with Crippen molar-refractivity contribution in [3.8, 4) is 0 Å². The molecule has 0 fully saturated rings. The van der Waals surface area contributed by atoms with Crippen molar-refractivity contribution in [1.82, 2.24) is 24.8 Å².